The van der Waals surface area contributed by atoms with Gasteiger partial charge in [0.05, 0.1) is 29.8 Å². The molecule has 0 bridgehead atoms. The van der Waals surface area contributed by atoms with Crippen LogP contribution in [0.3, 0.4) is 0 Å². The quantitative estimate of drug-likeness (QED) is 0.372. The number of piperazine rings is 1. The number of carbonyl (C=O) groups is 2. The number of imidazole rings is 1. The molecule has 0 N–H and O–H groups in total. The molecule has 34 heavy (non-hydrogen) atoms. The van der Waals surface area contributed by atoms with Crippen LogP contribution in [0.25, 0.3) is 16.7 Å². The Morgan fingerprint density at radius 3 is 2.59 bits per heavy atom. The second-order valence-electron chi connectivity index (χ2n) is 8.08. The van der Waals surface area contributed by atoms with Crippen molar-refractivity contribution in [2.75, 3.05) is 53.1 Å². The number of methoxy groups -OCH3 is 1. The molecular weight excluding hydrogens is 436 g/mol. The van der Waals surface area contributed by atoms with E-state index in [1.165, 1.54) is 5.56 Å². The minimum Gasteiger partial charge on any atom is -0.460 e. The van der Waals surface area contributed by atoms with Gasteiger partial charge in [-0.15, -0.1) is 0 Å². The molecular formula is C25H30N4O5. The molecule has 2 aromatic carbocycles. The summed E-state index contributed by atoms with van der Waals surface area (Å²) in [6.07, 6.45) is 1.53. The van der Waals surface area contributed by atoms with Crippen LogP contribution < -0.4 is 0 Å². The third-order valence-electron chi connectivity index (χ3n) is 5.80. The van der Waals surface area contributed by atoms with E-state index in [1.54, 1.807) is 30.5 Å². The van der Waals surface area contributed by atoms with Crippen molar-refractivity contribution >= 4 is 23.1 Å². The molecule has 0 atom stereocenters. The molecule has 1 aliphatic heterocycles. The van der Waals surface area contributed by atoms with Crippen LogP contribution in [0.15, 0.2) is 48.8 Å². The van der Waals surface area contributed by atoms with E-state index in [4.69, 9.17) is 14.2 Å². The lowest BCUT2D eigenvalue weighted by Gasteiger charge is -2.34. The van der Waals surface area contributed by atoms with Crippen molar-refractivity contribution in [3.05, 3.63) is 59.9 Å². The van der Waals surface area contributed by atoms with Gasteiger partial charge in [0.2, 0.25) is 0 Å². The Bertz CT molecular complexity index is 1140. The third kappa shape index (κ3) is 5.55. The molecule has 0 saturated carbocycles. The van der Waals surface area contributed by atoms with E-state index in [-0.39, 0.29) is 12.7 Å². The average Bonchev–Trinajstić information content (AvgIpc) is 3.28. The number of carbonyl (C=O) groups excluding carboxylic acids is 2. The normalized spacial score (nSPS) is 14.4. The standard InChI is InChI=1S/C25H30N4O5/c1-3-33-25(31)28-11-9-27(10-12-28)17-19-5-4-6-21(15-19)29-18-26-22-16-20(7-8-23(22)29)24(30)34-14-13-32-2/h4-8,15-16,18H,3,9-14,17H2,1-2H3. The maximum atomic E-state index is 12.2. The van der Waals surface area contributed by atoms with Gasteiger partial charge in [-0.3, -0.25) is 9.47 Å². The van der Waals surface area contributed by atoms with Crippen LogP contribution in [0.5, 0.6) is 0 Å². The number of fused-ring (bicyclic) bond motifs is 1. The summed E-state index contributed by atoms with van der Waals surface area (Å²) in [6, 6.07) is 13.7. The van der Waals surface area contributed by atoms with E-state index < -0.39 is 5.97 Å². The number of aromatic nitrogens is 2. The summed E-state index contributed by atoms with van der Waals surface area (Å²) in [4.78, 5) is 32.7. The zero-order valence-electron chi connectivity index (χ0n) is 19.6. The first-order valence-electron chi connectivity index (χ1n) is 11.5. The summed E-state index contributed by atoms with van der Waals surface area (Å²) in [5, 5.41) is 0. The fourth-order valence-electron chi connectivity index (χ4n) is 4.01. The molecule has 3 aromatic rings. The lowest BCUT2D eigenvalue weighted by Crippen LogP contribution is -2.48. The van der Waals surface area contributed by atoms with E-state index in [0.717, 1.165) is 36.4 Å². The van der Waals surface area contributed by atoms with Crippen molar-refractivity contribution < 1.29 is 23.8 Å². The summed E-state index contributed by atoms with van der Waals surface area (Å²) in [5.41, 5.74) is 4.28. The van der Waals surface area contributed by atoms with Crippen molar-refractivity contribution in [1.29, 1.82) is 0 Å². The van der Waals surface area contributed by atoms with Crippen LogP contribution in [0, 0.1) is 0 Å². The zero-order valence-corrected chi connectivity index (χ0v) is 19.6. The summed E-state index contributed by atoms with van der Waals surface area (Å²) < 4.78 is 17.2. The van der Waals surface area contributed by atoms with Gasteiger partial charge < -0.3 is 19.1 Å². The number of nitrogens with zero attached hydrogens (tertiary/aromatic N) is 4. The Hall–Kier alpha value is -3.43. The fraction of sp³-hybridized carbons (Fsp3) is 0.400. The van der Waals surface area contributed by atoms with Crippen molar-refractivity contribution in [2.24, 2.45) is 0 Å². The second kappa shape index (κ2) is 11.1. The predicted octanol–water partition coefficient (Wildman–Crippen LogP) is 3.10. The van der Waals surface area contributed by atoms with Crippen LogP contribution >= 0.6 is 0 Å². The molecule has 1 aromatic heterocycles. The highest BCUT2D eigenvalue weighted by Gasteiger charge is 2.22. The minimum atomic E-state index is -0.390. The largest absolute Gasteiger partial charge is 0.460 e. The Morgan fingerprint density at radius 2 is 1.82 bits per heavy atom. The lowest BCUT2D eigenvalue weighted by atomic mass is 10.1. The zero-order chi connectivity index (χ0) is 23.9. The van der Waals surface area contributed by atoms with E-state index in [2.05, 4.69) is 22.0 Å². The average molecular weight is 467 g/mol. The molecule has 1 amide bonds. The fourth-order valence-corrected chi connectivity index (χ4v) is 4.01. The lowest BCUT2D eigenvalue weighted by molar-refractivity contribution is 0.0388. The van der Waals surface area contributed by atoms with Crippen LogP contribution in [0.4, 0.5) is 4.79 Å². The molecule has 0 unspecified atom stereocenters. The molecule has 180 valence electrons. The van der Waals surface area contributed by atoms with E-state index in [9.17, 15) is 9.59 Å². The molecule has 0 radical (unpaired) electrons. The first-order chi connectivity index (χ1) is 16.6. The maximum absolute atomic E-state index is 12.2. The van der Waals surface area contributed by atoms with Gasteiger partial charge in [-0.05, 0) is 42.8 Å². The first kappa shape index (κ1) is 23.7. The SMILES string of the molecule is CCOC(=O)N1CCN(Cc2cccc(-n3cnc4cc(C(=O)OCCOC)ccc43)c2)CC1. The third-order valence-corrected chi connectivity index (χ3v) is 5.80. The van der Waals surface area contributed by atoms with Gasteiger partial charge in [0, 0.05) is 45.5 Å². The van der Waals surface area contributed by atoms with Crippen molar-refractivity contribution in [1.82, 2.24) is 19.4 Å². The Morgan fingerprint density at radius 1 is 1.00 bits per heavy atom. The molecule has 0 aliphatic carbocycles. The monoisotopic (exact) mass is 466 g/mol. The Balaban J connectivity index is 1.43. The van der Waals surface area contributed by atoms with Gasteiger partial charge in [0.25, 0.3) is 0 Å². The number of benzene rings is 2. The molecule has 1 fully saturated rings. The van der Waals surface area contributed by atoms with Gasteiger partial charge >= 0.3 is 12.1 Å². The summed E-state index contributed by atoms with van der Waals surface area (Å²) in [7, 11) is 1.56. The van der Waals surface area contributed by atoms with Crippen LogP contribution in [0.1, 0.15) is 22.8 Å². The number of ether oxygens (including phenoxy) is 3. The number of hydrogen-bond acceptors (Lipinski definition) is 7. The first-order valence-corrected chi connectivity index (χ1v) is 11.5. The van der Waals surface area contributed by atoms with E-state index in [1.807, 2.05) is 29.7 Å². The van der Waals surface area contributed by atoms with Crippen molar-refractivity contribution in [3.63, 3.8) is 0 Å². The van der Waals surface area contributed by atoms with Gasteiger partial charge in [-0.25, -0.2) is 14.6 Å². The molecule has 9 nitrogen and oxygen atoms in total. The van der Waals surface area contributed by atoms with Crippen molar-refractivity contribution in [3.8, 4) is 5.69 Å². The van der Waals surface area contributed by atoms with Crippen LogP contribution in [-0.2, 0) is 20.8 Å². The summed E-state index contributed by atoms with van der Waals surface area (Å²) in [5.74, 6) is -0.390. The predicted molar refractivity (Wildman–Crippen MR) is 127 cm³/mol. The Kier molecular flexibility index (Phi) is 7.76. The molecule has 4 rings (SSSR count). The van der Waals surface area contributed by atoms with E-state index in [0.29, 0.717) is 31.9 Å². The van der Waals surface area contributed by atoms with Gasteiger partial charge in [-0.1, -0.05) is 12.1 Å². The minimum absolute atomic E-state index is 0.215. The smallest absolute Gasteiger partial charge is 0.409 e. The summed E-state index contributed by atoms with van der Waals surface area (Å²) >= 11 is 0. The molecule has 1 saturated heterocycles. The van der Waals surface area contributed by atoms with Crippen LogP contribution in [0.2, 0.25) is 0 Å². The highest BCUT2D eigenvalue weighted by Crippen LogP contribution is 2.21. The van der Waals surface area contributed by atoms with Gasteiger partial charge in [-0.2, -0.15) is 0 Å². The Labute approximate surface area is 198 Å². The van der Waals surface area contributed by atoms with E-state index >= 15 is 0 Å². The topological polar surface area (TPSA) is 86.1 Å². The number of rotatable bonds is 8. The molecule has 0 spiro atoms. The molecule has 9 heteroatoms. The second-order valence-corrected chi connectivity index (χ2v) is 8.08. The van der Waals surface area contributed by atoms with Crippen molar-refractivity contribution in [2.45, 2.75) is 13.5 Å². The highest BCUT2D eigenvalue weighted by atomic mass is 16.6. The van der Waals surface area contributed by atoms with Gasteiger partial charge in [0.15, 0.2) is 0 Å². The van der Waals surface area contributed by atoms with Crippen LogP contribution in [-0.4, -0.2) is 84.5 Å². The number of amides is 1. The maximum Gasteiger partial charge on any atom is 0.409 e. The number of hydrogen-bond donors (Lipinski definition) is 0. The highest BCUT2D eigenvalue weighted by molar-refractivity contribution is 5.94. The number of esters is 1. The summed E-state index contributed by atoms with van der Waals surface area (Å²) in [6.45, 7) is 6.54. The molecule has 1 aliphatic rings. The van der Waals surface area contributed by atoms with Gasteiger partial charge in [0.1, 0.15) is 12.9 Å². The molecule has 2 heterocycles.